The first-order chi connectivity index (χ1) is 17.5. The maximum atomic E-state index is 13.5. The van der Waals surface area contributed by atoms with Gasteiger partial charge in [-0.2, -0.15) is 13.2 Å². The van der Waals surface area contributed by atoms with Crippen molar-refractivity contribution in [2.75, 3.05) is 18.4 Å². The second kappa shape index (κ2) is 9.23. The molecule has 2 aliphatic rings. The number of nitrogens with one attached hydrogen (secondary N) is 3. The zero-order valence-corrected chi connectivity index (χ0v) is 20.7. The Hall–Kier alpha value is -3.85. The number of piperazine rings is 1. The van der Waals surface area contributed by atoms with Crippen LogP contribution in [0.4, 0.5) is 18.9 Å². The van der Waals surface area contributed by atoms with Crippen LogP contribution in [-0.2, 0) is 11.0 Å². The lowest BCUT2D eigenvalue weighted by Gasteiger charge is -2.36. The van der Waals surface area contributed by atoms with Gasteiger partial charge in [0.1, 0.15) is 0 Å². The summed E-state index contributed by atoms with van der Waals surface area (Å²) in [5.74, 6) is -0.523. The monoisotopic (exact) mass is 508 g/mol. The van der Waals surface area contributed by atoms with Gasteiger partial charge >= 0.3 is 6.18 Å². The first-order valence-electron chi connectivity index (χ1n) is 12.1. The van der Waals surface area contributed by atoms with E-state index in [0.29, 0.717) is 46.7 Å². The number of amides is 2. The third-order valence-corrected chi connectivity index (χ3v) is 6.67. The van der Waals surface area contributed by atoms with E-state index in [1.54, 1.807) is 41.3 Å². The standard InChI is InChI=1S/C28H27F3N4O2/c1-15-10-21(27(37)35-13-16(2)32-17(3)14-35)24(33-15)12-22-25-20(8-5-9-23(25)34-26(22)36)18-6-4-7-19(11-18)28(29,30)31/h4-12,16-17,32-33H,13-14H2,1-3H3,(H,34,36)/t16-,17+. The highest BCUT2D eigenvalue weighted by molar-refractivity contribution is 6.36. The van der Waals surface area contributed by atoms with Gasteiger partial charge in [0.15, 0.2) is 0 Å². The van der Waals surface area contributed by atoms with Crippen LogP contribution in [0.2, 0.25) is 0 Å². The van der Waals surface area contributed by atoms with Crippen LogP contribution in [0, 0.1) is 6.92 Å². The van der Waals surface area contributed by atoms with Crippen LogP contribution < -0.4 is 10.6 Å². The molecule has 3 N–H and O–H groups in total. The van der Waals surface area contributed by atoms with Crippen LogP contribution in [-0.4, -0.2) is 46.9 Å². The molecule has 2 aromatic carbocycles. The molecule has 0 aliphatic carbocycles. The largest absolute Gasteiger partial charge is 0.416 e. The summed E-state index contributed by atoms with van der Waals surface area (Å²) >= 11 is 0. The number of aryl methyl sites for hydroxylation is 1. The molecule has 1 aromatic heterocycles. The first kappa shape index (κ1) is 24.8. The number of rotatable bonds is 3. The Morgan fingerprint density at radius 2 is 1.76 bits per heavy atom. The SMILES string of the molecule is Cc1cc(C(=O)N2C[C@@H](C)N[C@@H](C)C2)c(C=C2C(=O)Nc3cccc(-c4cccc(C(F)(F)F)c4)c32)[nH]1. The average Bonchev–Trinajstić information content (AvgIpc) is 3.36. The summed E-state index contributed by atoms with van der Waals surface area (Å²) < 4.78 is 40.2. The fourth-order valence-electron chi connectivity index (χ4n) is 5.20. The summed E-state index contributed by atoms with van der Waals surface area (Å²) in [6, 6.07) is 12.2. The molecule has 0 unspecified atom stereocenters. The molecule has 0 bridgehead atoms. The molecule has 37 heavy (non-hydrogen) atoms. The Labute approximate surface area is 212 Å². The predicted octanol–water partition coefficient (Wildman–Crippen LogP) is 5.32. The summed E-state index contributed by atoms with van der Waals surface area (Å²) in [6.45, 7) is 7.00. The Kier molecular flexibility index (Phi) is 6.19. The molecule has 2 aliphatic heterocycles. The topological polar surface area (TPSA) is 77.2 Å². The Balaban J connectivity index is 1.58. The molecule has 2 amide bonds. The quantitative estimate of drug-likeness (QED) is 0.419. The van der Waals surface area contributed by atoms with Crippen LogP contribution in [0.3, 0.4) is 0 Å². The number of H-pyrrole nitrogens is 1. The van der Waals surface area contributed by atoms with Crippen LogP contribution >= 0.6 is 0 Å². The van der Waals surface area contributed by atoms with E-state index >= 15 is 0 Å². The number of halogens is 3. The Bertz CT molecular complexity index is 1410. The number of anilines is 1. The smallest absolute Gasteiger partial charge is 0.358 e. The lowest BCUT2D eigenvalue weighted by atomic mass is 9.93. The van der Waals surface area contributed by atoms with Gasteiger partial charge in [0, 0.05) is 42.1 Å². The van der Waals surface area contributed by atoms with Crippen LogP contribution in [0.15, 0.2) is 48.5 Å². The van der Waals surface area contributed by atoms with Crippen molar-refractivity contribution in [3.63, 3.8) is 0 Å². The van der Waals surface area contributed by atoms with Crippen molar-refractivity contribution in [1.29, 1.82) is 0 Å². The van der Waals surface area contributed by atoms with Crippen molar-refractivity contribution in [2.45, 2.75) is 39.0 Å². The molecule has 3 heterocycles. The van der Waals surface area contributed by atoms with Crippen LogP contribution in [0.1, 0.15) is 46.7 Å². The zero-order valence-electron chi connectivity index (χ0n) is 20.7. The fourth-order valence-corrected chi connectivity index (χ4v) is 5.20. The van der Waals surface area contributed by atoms with Crippen molar-refractivity contribution < 1.29 is 22.8 Å². The molecule has 1 saturated heterocycles. The zero-order chi connectivity index (χ0) is 26.5. The van der Waals surface area contributed by atoms with Crippen molar-refractivity contribution in [3.8, 4) is 11.1 Å². The Morgan fingerprint density at radius 3 is 2.46 bits per heavy atom. The normalized spacial score (nSPS) is 20.8. The van der Waals surface area contributed by atoms with Crippen LogP contribution in [0.5, 0.6) is 0 Å². The van der Waals surface area contributed by atoms with Crippen molar-refractivity contribution in [1.82, 2.24) is 15.2 Å². The van der Waals surface area contributed by atoms with Gasteiger partial charge in [0.25, 0.3) is 11.8 Å². The molecule has 1 fully saturated rings. The highest BCUT2D eigenvalue weighted by Crippen LogP contribution is 2.42. The van der Waals surface area contributed by atoms with Gasteiger partial charge in [0.05, 0.1) is 22.4 Å². The van der Waals surface area contributed by atoms with Crippen molar-refractivity contribution >= 4 is 29.2 Å². The second-order valence-corrected chi connectivity index (χ2v) is 9.78. The molecule has 6 nitrogen and oxygen atoms in total. The summed E-state index contributed by atoms with van der Waals surface area (Å²) in [6.07, 6.45) is -2.87. The maximum absolute atomic E-state index is 13.5. The maximum Gasteiger partial charge on any atom is 0.416 e. The molecule has 2 atom stereocenters. The molecule has 9 heteroatoms. The van der Waals surface area contributed by atoms with E-state index in [0.717, 1.165) is 17.8 Å². The van der Waals surface area contributed by atoms with Crippen molar-refractivity contribution in [2.24, 2.45) is 0 Å². The highest BCUT2D eigenvalue weighted by Gasteiger charge is 2.33. The molecule has 5 rings (SSSR count). The molecule has 0 saturated carbocycles. The highest BCUT2D eigenvalue weighted by atomic mass is 19.4. The summed E-state index contributed by atoms with van der Waals surface area (Å²) in [4.78, 5) is 31.5. The summed E-state index contributed by atoms with van der Waals surface area (Å²) in [5, 5.41) is 6.22. The number of alkyl halides is 3. The number of carbonyl (C=O) groups excluding carboxylic acids is 2. The minimum absolute atomic E-state index is 0.138. The second-order valence-electron chi connectivity index (χ2n) is 9.78. The van der Waals surface area contributed by atoms with Gasteiger partial charge in [-0.3, -0.25) is 9.59 Å². The third kappa shape index (κ3) is 4.79. The Morgan fingerprint density at radius 1 is 1.05 bits per heavy atom. The van der Waals surface area contributed by atoms with E-state index < -0.39 is 11.7 Å². The van der Waals surface area contributed by atoms with E-state index in [1.165, 1.54) is 6.07 Å². The van der Waals surface area contributed by atoms with Gasteiger partial charge in [-0.05, 0) is 62.2 Å². The number of hydrogen-bond acceptors (Lipinski definition) is 3. The van der Waals surface area contributed by atoms with Gasteiger partial charge in [-0.1, -0.05) is 24.3 Å². The van der Waals surface area contributed by atoms with Crippen LogP contribution in [0.25, 0.3) is 22.8 Å². The number of nitrogens with zero attached hydrogens (tertiary/aromatic N) is 1. The van der Waals surface area contributed by atoms with E-state index in [2.05, 4.69) is 15.6 Å². The van der Waals surface area contributed by atoms with Crippen molar-refractivity contribution in [3.05, 3.63) is 76.6 Å². The minimum Gasteiger partial charge on any atom is -0.358 e. The van der Waals surface area contributed by atoms with E-state index in [-0.39, 0.29) is 29.5 Å². The number of aromatic amines is 1. The molecule has 192 valence electrons. The number of fused-ring (bicyclic) bond motifs is 1. The number of aromatic nitrogens is 1. The van der Waals surface area contributed by atoms with Gasteiger partial charge < -0.3 is 20.5 Å². The third-order valence-electron chi connectivity index (χ3n) is 6.67. The lowest BCUT2D eigenvalue weighted by molar-refractivity contribution is -0.137. The predicted molar refractivity (Wildman–Crippen MR) is 137 cm³/mol. The lowest BCUT2D eigenvalue weighted by Crippen LogP contribution is -2.55. The molecular weight excluding hydrogens is 481 g/mol. The fraction of sp³-hybridized carbons (Fsp3) is 0.286. The van der Waals surface area contributed by atoms with E-state index in [1.807, 2.05) is 20.8 Å². The summed E-state index contributed by atoms with van der Waals surface area (Å²) in [7, 11) is 0. The number of benzene rings is 2. The molecule has 0 spiro atoms. The van der Waals surface area contributed by atoms with Gasteiger partial charge in [-0.25, -0.2) is 0 Å². The average molecular weight is 509 g/mol. The summed E-state index contributed by atoms with van der Waals surface area (Å²) in [5.41, 5.74) is 3.05. The minimum atomic E-state index is -4.49. The molecule has 0 radical (unpaired) electrons. The molecule has 3 aromatic rings. The van der Waals surface area contributed by atoms with Gasteiger partial charge in [-0.15, -0.1) is 0 Å². The first-order valence-corrected chi connectivity index (χ1v) is 12.1. The van der Waals surface area contributed by atoms with Gasteiger partial charge in [0.2, 0.25) is 0 Å². The number of carbonyl (C=O) groups is 2. The number of hydrogen-bond donors (Lipinski definition) is 3. The van der Waals surface area contributed by atoms with E-state index in [4.69, 9.17) is 0 Å². The van der Waals surface area contributed by atoms with E-state index in [9.17, 15) is 22.8 Å². The molecular formula is C28H27F3N4O2.